The van der Waals surface area contributed by atoms with Crippen molar-refractivity contribution < 1.29 is 10.0 Å². The molecule has 1 fully saturated rings. The van der Waals surface area contributed by atoms with Crippen LogP contribution in [0.2, 0.25) is 0 Å². The van der Waals surface area contributed by atoms with Gasteiger partial charge in [0, 0.05) is 37.6 Å². The summed E-state index contributed by atoms with van der Waals surface area (Å²) in [6.07, 6.45) is 4.25. The van der Waals surface area contributed by atoms with Gasteiger partial charge in [0.15, 0.2) is 0 Å². The summed E-state index contributed by atoms with van der Waals surface area (Å²) < 4.78 is 0. The second-order valence-electron chi connectivity index (χ2n) is 4.03. The highest BCUT2D eigenvalue weighted by molar-refractivity contribution is 7.98. The van der Waals surface area contributed by atoms with Crippen LogP contribution >= 0.6 is 11.8 Å². The third-order valence-electron chi connectivity index (χ3n) is 3.04. The molecular formula is C11H20N2O2S. The van der Waals surface area contributed by atoms with Crippen LogP contribution in [0.1, 0.15) is 26.2 Å². The highest BCUT2D eigenvalue weighted by Crippen LogP contribution is 2.18. The van der Waals surface area contributed by atoms with Gasteiger partial charge >= 0.3 is 0 Å². The molecule has 1 amide bonds. The summed E-state index contributed by atoms with van der Waals surface area (Å²) in [5, 5.41) is 12.2. The van der Waals surface area contributed by atoms with Crippen molar-refractivity contribution in [2.75, 3.05) is 25.1 Å². The Balaban J connectivity index is 2.50. The molecule has 0 bridgehead atoms. The first-order chi connectivity index (χ1) is 7.72. The number of piperidine rings is 1. The van der Waals surface area contributed by atoms with Crippen molar-refractivity contribution in [3.05, 3.63) is 0 Å². The number of likely N-dealkylation sites (tertiary alicyclic amines) is 1. The van der Waals surface area contributed by atoms with E-state index in [2.05, 4.69) is 12.1 Å². The third kappa shape index (κ3) is 3.40. The van der Waals surface area contributed by atoms with Gasteiger partial charge in [-0.15, -0.1) is 0 Å². The lowest BCUT2D eigenvalue weighted by Crippen LogP contribution is -2.44. The summed E-state index contributed by atoms with van der Waals surface area (Å²) in [5.41, 5.74) is 0.844. The quantitative estimate of drug-likeness (QED) is 0.606. The van der Waals surface area contributed by atoms with E-state index in [4.69, 9.17) is 5.21 Å². The first-order valence-corrected chi connectivity index (χ1v) is 7.09. The van der Waals surface area contributed by atoms with E-state index in [-0.39, 0.29) is 11.8 Å². The van der Waals surface area contributed by atoms with Gasteiger partial charge < -0.3 is 10.1 Å². The van der Waals surface area contributed by atoms with Crippen molar-refractivity contribution in [3.63, 3.8) is 0 Å². The smallest absolute Gasteiger partial charge is 0.223 e. The van der Waals surface area contributed by atoms with E-state index in [0.717, 1.165) is 17.9 Å². The second kappa shape index (κ2) is 6.78. The van der Waals surface area contributed by atoms with Crippen LogP contribution < -0.4 is 0 Å². The van der Waals surface area contributed by atoms with E-state index in [1.165, 1.54) is 0 Å². The lowest BCUT2D eigenvalue weighted by molar-refractivity contribution is -0.131. The molecule has 1 unspecified atom stereocenters. The number of oxime groups is 1. The van der Waals surface area contributed by atoms with Gasteiger partial charge in [-0.25, -0.2) is 0 Å². The number of hydrogen-bond donors (Lipinski definition) is 1. The van der Waals surface area contributed by atoms with Gasteiger partial charge in [0.2, 0.25) is 5.91 Å². The molecule has 92 valence electrons. The summed E-state index contributed by atoms with van der Waals surface area (Å²) >= 11 is 1.69. The van der Waals surface area contributed by atoms with Crippen LogP contribution in [-0.4, -0.2) is 46.8 Å². The van der Waals surface area contributed by atoms with Crippen molar-refractivity contribution in [2.45, 2.75) is 26.2 Å². The number of carbonyl (C=O) groups is 1. The van der Waals surface area contributed by atoms with E-state index in [0.29, 0.717) is 25.9 Å². The van der Waals surface area contributed by atoms with E-state index >= 15 is 0 Å². The topological polar surface area (TPSA) is 52.9 Å². The second-order valence-corrected chi connectivity index (χ2v) is 5.01. The van der Waals surface area contributed by atoms with Gasteiger partial charge in [-0.2, -0.15) is 11.8 Å². The average Bonchev–Trinajstić information content (AvgIpc) is 2.34. The van der Waals surface area contributed by atoms with Crippen molar-refractivity contribution in [2.24, 2.45) is 11.1 Å². The highest BCUT2D eigenvalue weighted by Gasteiger charge is 2.27. The maximum atomic E-state index is 11.8. The Hall–Kier alpha value is -0.710. The van der Waals surface area contributed by atoms with E-state index in [1.54, 1.807) is 11.8 Å². The minimum absolute atomic E-state index is 0.227. The number of nitrogens with zero attached hydrogens (tertiary/aromatic N) is 2. The molecule has 0 spiro atoms. The fourth-order valence-electron chi connectivity index (χ4n) is 1.99. The standard InChI is InChI=1S/C11H20N2O2S/c1-3-9-8-13(6-4-10(9)12-15)11(14)5-7-16-2/h9,15H,3-8H2,1-2H3. The fourth-order valence-corrected chi connectivity index (χ4v) is 2.37. The normalized spacial score (nSPS) is 23.8. The number of hydrogen-bond acceptors (Lipinski definition) is 4. The molecule has 0 aromatic heterocycles. The van der Waals surface area contributed by atoms with E-state index < -0.39 is 0 Å². The van der Waals surface area contributed by atoms with Crippen LogP contribution in [0.15, 0.2) is 5.16 Å². The van der Waals surface area contributed by atoms with Crippen LogP contribution in [0, 0.1) is 5.92 Å². The van der Waals surface area contributed by atoms with E-state index in [1.807, 2.05) is 11.2 Å². The SMILES string of the molecule is CCC1CN(C(=O)CCSC)CCC1=NO. The van der Waals surface area contributed by atoms with Crippen molar-refractivity contribution >= 4 is 23.4 Å². The fraction of sp³-hybridized carbons (Fsp3) is 0.818. The molecule has 1 aliphatic heterocycles. The number of amides is 1. The molecule has 0 aliphatic carbocycles. The Morgan fingerprint density at radius 2 is 2.44 bits per heavy atom. The van der Waals surface area contributed by atoms with Crippen LogP contribution in [-0.2, 0) is 4.79 Å². The van der Waals surface area contributed by atoms with Gasteiger partial charge in [-0.1, -0.05) is 12.1 Å². The Labute approximate surface area is 101 Å². The molecular weight excluding hydrogens is 224 g/mol. The third-order valence-corrected chi connectivity index (χ3v) is 3.66. The molecule has 4 nitrogen and oxygen atoms in total. The predicted octanol–water partition coefficient (Wildman–Crippen LogP) is 1.83. The van der Waals surface area contributed by atoms with Gasteiger partial charge in [0.25, 0.3) is 0 Å². The monoisotopic (exact) mass is 244 g/mol. The highest BCUT2D eigenvalue weighted by atomic mass is 32.2. The maximum Gasteiger partial charge on any atom is 0.223 e. The first-order valence-electron chi connectivity index (χ1n) is 5.70. The minimum Gasteiger partial charge on any atom is -0.411 e. The Kier molecular flexibility index (Phi) is 5.66. The summed E-state index contributed by atoms with van der Waals surface area (Å²) in [6.45, 7) is 3.47. The largest absolute Gasteiger partial charge is 0.411 e. The lowest BCUT2D eigenvalue weighted by atomic mass is 9.93. The zero-order valence-corrected chi connectivity index (χ0v) is 10.8. The van der Waals surface area contributed by atoms with Gasteiger partial charge in [0.05, 0.1) is 5.71 Å². The Morgan fingerprint density at radius 1 is 1.69 bits per heavy atom. The van der Waals surface area contributed by atoms with Crippen LogP contribution in [0.25, 0.3) is 0 Å². The summed E-state index contributed by atoms with van der Waals surface area (Å²) in [7, 11) is 0. The lowest BCUT2D eigenvalue weighted by Gasteiger charge is -2.32. The first kappa shape index (κ1) is 13.4. The Bertz CT molecular complexity index is 269. The maximum absolute atomic E-state index is 11.8. The zero-order chi connectivity index (χ0) is 12.0. The molecule has 1 N–H and O–H groups in total. The number of rotatable bonds is 4. The van der Waals surface area contributed by atoms with Crippen molar-refractivity contribution in [1.29, 1.82) is 0 Å². The minimum atomic E-state index is 0.227. The average molecular weight is 244 g/mol. The van der Waals surface area contributed by atoms with Gasteiger partial charge in [0.1, 0.15) is 0 Å². The molecule has 0 saturated carbocycles. The number of thioether (sulfide) groups is 1. The molecule has 1 heterocycles. The predicted molar refractivity (Wildman–Crippen MR) is 67.2 cm³/mol. The van der Waals surface area contributed by atoms with Gasteiger partial charge in [-0.3, -0.25) is 4.79 Å². The number of carbonyl (C=O) groups excluding carboxylic acids is 1. The molecule has 1 saturated heterocycles. The van der Waals surface area contributed by atoms with Crippen molar-refractivity contribution in [1.82, 2.24) is 4.90 Å². The molecule has 0 radical (unpaired) electrons. The summed E-state index contributed by atoms with van der Waals surface area (Å²) in [6, 6.07) is 0. The summed E-state index contributed by atoms with van der Waals surface area (Å²) in [4.78, 5) is 13.7. The van der Waals surface area contributed by atoms with Crippen LogP contribution in [0.4, 0.5) is 0 Å². The molecule has 0 aromatic rings. The zero-order valence-electron chi connectivity index (χ0n) is 9.98. The Morgan fingerprint density at radius 3 is 3.00 bits per heavy atom. The summed E-state index contributed by atoms with van der Waals surface area (Å²) in [5.74, 6) is 1.34. The van der Waals surface area contributed by atoms with Gasteiger partial charge in [-0.05, 0) is 12.7 Å². The molecule has 1 atom stereocenters. The molecule has 5 heteroatoms. The van der Waals surface area contributed by atoms with Crippen LogP contribution in [0.3, 0.4) is 0 Å². The van der Waals surface area contributed by atoms with E-state index in [9.17, 15) is 4.79 Å². The molecule has 1 aliphatic rings. The van der Waals surface area contributed by atoms with Crippen LogP contribution in [0.5, 0.6) is 0 Å². The molecule has 0 aromatic carbocycles. The van der Waals surface area contributed by atoms with Crippen molar-refractivity contribution in [3.8, 4) is 0 Å². The molecule has 1 rings (SSSR count). The molecule has 16 heavy (non-hydrogen) atoms.